The lowest BCUT2D eigenvalue weighted by molar-refractivity contribution is -0.137. The monoisotopic (exact) mass is 441 g/mol. The molecule has 0 radical (unpaired) electrons. The van der Waals surface area contributed by atoms with E-state index in [4.69, 9.17) is 0 Å². The van der Waals surface area contributed by atoms with Crippen LogP contribution in [0.3, 0.4) is 0 Å². The SMILES string of the molecule is CNC(=O)C(N[C@H](CCc1ccc(C(F)(F)F)cc1)c1cccc(C)n1)c1ccccc1. The summed E-state index contributed by atoms with van der Waals surface area (Å²) < 4.78 is 38.6. The number of carbonyl (C=O) groups excluding carboxylic acids is 1. The molecule has 1 aromatic heterocycles. The summed E-state index contributed by atoms with van der Waals surface area (Å²) in [5.41, 5.74) is 2.56. The zero-order valence-corrected chi connectivity index (χ0v) is 18.0. The molecule has 3 rings (SSSR count). The molecule has 4 nitrogen and oxygen atoms in total. The molecule has 2 aromatic carbocycles. The maximum absolute atomic E-state index is 12.9. The minimum Gasteiger partial charge on any atom is -0.358 e. The number of pyridine rings is 1. The van der Waals surface area contributed by atoms with Crippen molar-refractivity contribution in [1.82, 2.24) is 15.6 Å². The second-order valence-corrected chi connectivity index (χ2v) is 7.61. The van der Waals surface area contributed by atoms with Crippen LogP contribution in [0.25, 0.3) is 0 Å². The topological polar surface area (TPSA) is 54.0 Å². The number of carbonyl (C=O) groups is 1. The number of alkyl halides is 3. The highest BCUT2D eigenvalue weighted by Crippen LogP contribution is 2.30. The molecule has 1 unspecified atom stereocenters. The highest BCUT2D eigenvalue weighted by molar-refractivity contribution is 5.83. The molecule has 7 heteroatoms. The van der Waals surface area contributed by atoms with Gasteiger partial charge in [0.05, 0.1) is 17.3 Å². The van der Waals surface area contributed by atoms with E-state index in [-0.39, 0.29) is 11.9 Å². The molecule has 0 saturated heterocycles. The Hall–Kier alpha value is -3.19. The quantitative estimate of drug-likeness (QED) is 0.508. The third-order valence-electron chi connectivity index (χ3n) is 5.28. The summed E-state index contributed by atoms with van der Waals surface area (Å²) in [6, 6.07) is 19.4. The first-order valence-corrected chi connectivity index (χ1v) is 10.4. The Bertz CT molecular complexity index is 1020. The van der Waals surface area contributed by atoms with Crippen molar-refractivity contribution >= 4 is 5.91 Å². The number of hydrogen-bond acceptors (Lipinski definition) is 3. The van der Waals surface area contributed by atoms with Crippen LogP contribution in [0.5, 0.6) is 0 Å². The van der Waals surface area contributed by atoms with Crippen LogP contribution in [0.4, 0.5) is 13.2 Å². The summed E-state index contributed by atoms with van der Waals surface area (Å²) in [6.45, 7) is 1.89. The van der Waals surface area contributed by atoms with E-state index in [9.17, 15) is 18.0 Å². The van der Waals surface area contributed by atoms with Crippen LogP contribution in [0.2, 0.25) is 0 Å². The Kier molecular flexibility index (Phi) is 7.64. The van der Waals surface area contributed by atoms with Gasteiger partial charge in [0.2, 0.25) is 5.91 Å². The number of likely N-dealkylation sites (N-methyl/N-ethyl adjacent to an activating group) is 1. The summed E-state index contributed by atoms with van der Waals surface area (Å²) in [4.78, 5) is 17.3. The molecule has 0 aliphatic carbocycles. The van der Waals surface area contributed by atoms with E-state index in [1.165, 1.54) is 12.1 Å². The van der Waals surface area contributed by atoms with Gasteiger partial charge in [0.25, 0.3) is 0 Å². The van der Waals surface area contributed by atoms with Crippen molar-refractivity contribution in [3.63, 3.8) is 0 Å². The number of benzene rings is 2. The first kappa shape index (κ1) is 23.5. The highest BCUT2D eigenvalue weighted by atomic mass is 19.4. The minimum absolute atomic E-state index is 0.177. The fourth-order valence-corrected chi connectivity index (χ4v) is 3.56. The molecule has 1 heterocycles. The van der Waals surface area contributed by atoms with Crippen molar-refractivity contribution in [1.29, 1.82) is 0 Å². The first-order valence-electron chi connectivity index (χ1n) is 10.4. The molecule has 0 fully saturated rings. The lowest BCUT2D eigenvalue weighted by atomic mass is 9.98. The normalized spacial score (nSPS) is 13.4. The molecular formula is C25H26F3N3O. The summed E-state index contributed by atoms with van der Waals surface area (Å²) >= 11 is 0. The van der Waals surface area contributed by atoms with Gasteiger partial charge >= 0.3 is 6.18 Å². The molecule has 3 aromatic rings. The van der Waals surface area contributed by atoms with Gasteiger partial charge in [-0.2, -0.15) is 13.2 Å². The van der Waals surface area contributed by atoms with Gasteiger partial charge in [0.1, 0.15) is 6.04 Å². The Labute approximate surface area is 185 Å². The smallest absolute Gasteiger partial charge is 0.358 e. The maximum Gasteiger partial charge on any atom is 0.416 e. The van der Waals surface area contributed by atoms with E-state index < -0.39 is 17.8 Å². The van der Waals surface area contributed by atoms with Gasteiger partial charge in [-0.1, -0.05) is 48.5 Å². The molecule has 0 aliphatic heterocycles. The lowest BCUT2D eigenvalue weighted by Crippen LogP contribution is -2.38. The zero-order chi connectivity index (χ0) is 23.1. The number of nitrogens with one attached hydrogen (secondary N) is 2. The van der Waals surface area contributed by atoms with E-state index in [0.29, 0.717) is 12.8 Å². The molecule has 1 amide bonds. The summed E-state index contributed by atoms with van der Waals surface area (Å²) in [6.07, 6.45) is -3.27. The van der Waals surface area contributed by atoms with E-state index >= 15 is 0 Å². The van der Waals surface area contributed by atoms with Gasteiger partial charge in [0.15, 0.2) is 0 Å². The van der Waals surface area contributed by atoms with Gasteiger partial charge in [-0.05, 0) is 55.2 Å². The number of hydrogen-bond donors (Lipinski definition) is 2. The molecule has 0 spiro atoms. The number of rotatable bonds is 8. The Morgan fingerprint density at radius 2 is 1.66 bits per heavy atom. The van der Waals surface area contributed by atoms with Crippen LogP contribution in [-0.4, -0.2) is 17.9 Å². The molecule has 2 N–H and O–H groups in total. The largest absolute Gasteiger partial charge is 0.416 e. The van der Waals surface area contributed by atoms with Crippen molar-refractivity contribution < 1.29 is 18.0 Å². The molecule has 2 atom stereocenters. The fraction of sp³-hybridized carbons (Fsp3) is 0.280. The number of halogens is 3. The van der Waals surface area contributed by atoms with E-state index in [0.717, 1.165) is 34.6 Å². The number of amides is 1. The third kappa shape index (κ3) is 6.17. The molecule has 168 valence electrons. The maximum atomic E-state index is 12.9. The van der Waals surface area contributed by atoms with Crippen molar-refractivity contribution in [2.75, 3.05) is 7.05 Å². The lowest BCUT2D eigenvalue weighted by Gasteiger charge is -2.25. The van der Waals surface area contributed by atoms with Crippen molar-refractivity contribution in [2.24, 2.45) is 0 Å². The fourth-order valence-electron chi connectivity index (χ4n) is 3.56. The number of nitrogens with zero attached hydrogens (tertiary/aromatic N) is 1. The van der Waals surface area contributed by atoms with E-state index in [1.807, 2.05) is 55.5 Å². The van der Waals surface area contributed by atoms with Crippen molar-refractivity contribution in [3.05, 3.63) is 101 Å². The third-order valence-corrected chi connectivity index (χ3v) is 5.28. The summed E-state index contributed by atoms with van der Waals surface area (Å²) in [7, 11) is 1.59. The molecule has 32 heavy (non-hydrogen) atoms. The predicted octanol–water partition coefficient (Wildman–Crippen LogP) is 5.16. The van der Waals surface area contributed by atoms with Crippen LogP contribution in [0.15, 0.2) is 72.8 Å². The first-order chi connectivity index (χ1) is 15.3. The standard InChI is InChI=1S/C25H26F3N3O/c1-17-7-6-10-21(30-17)22(16-13-18-11-14-20(15-12-18)25(26,27)28)31-23(24(32)29-2)19-8-4-3-5-9-19/h3-12,14-15,22-23,31H,13,16H2,1-2H3,(H,29,32)/t22-,23?/m1/s1. The van der Waals surface area contributed by atoms with E-state index in [2.05, 4.69) is 15.6 Å². The highest BCUT2D eigenvalue weighted by Gasteiger charge is 2.30. The average molecular weight is 441 g/mol. The zero-order valence-electron chi connectivity index (χ0n) is 18.0. The van der Waals surface area contributed by atoms with Crippen molar-refractivity contribution in [2.45, 2.75) is 38.0 Å². The summed E-state index contributed by atoms with van der Waals surface area (Å²) in [5.74, 6) is -0.177. The van der Waals surface area contributed by atoms with Gasteiger partial charge in [0, 0.05) is 12.7 Å². The van der Waals surface area contributed by atoms with Gasteiger partial charge in [-0.25, -0.2) is 0 Å². The van der Waals surface area contributed by atoms with Gasteiger partial charge < -0.3 is 5.32 Å². The molecule has 0 saturated carbocycles. The summed E-state index contributed by atoms with van der Waals surface area (Å²) in [5, 5.41) is 6.11. The molecular weight excluding hydrogens is 415 g/mol. The van der Waals surface area contributed by atoms with Crippen molar-refractivity contribution in [3.8, 4) is 0 Å². The number of aryl methyl sites for hydroxylation is 2. The number of aromatic nitrogens is 1. The Morgan fingerprint density at radius 1 is 0.969 bits per heavy atom. The predicted molar refractivity (Wildman–Crippen MR) is 118 cm³/mol. The van der Waals surface area contributed by atoms with Gasteiger partial charge in [-0.15, -0.1) is 0 Å². The van der Waals surface area contributed by atoms with E-state index in [1.54, 1.807) is 7.05 Å². The molecule has 0 aliphatic rings. The van der Waals surface area contributed by atoms with Crippen LogP contribution in [0.1, 0.15) is 46.6 Å². The van der Waals surface area contributed by atoms with Crippen LogP contribution in [-0.2, 0) is 17.4 Å². The average Bonchev–Trinajstić information content (AvgIpc) is 2.79. The van der Waals surface area contributed by atoms with Crippen LogP contribution < -0.4 is 10.6 Å². The van der Waals surface area contributed by atoms with Crippen LogP contribution >= 0.6 is 0 Å². The second kappa shape index (κ2) is 10.4. The minimum atomic E-state index is -4.36. The Morgan fingerprint density at radius 3 is 2.25 bits per heavy atom. The second-order valence-electron chi connectivity index (χ2n) is 7.61. The molecule has 0 bridgehead atoms. The van der Waals surface area contributed by atoms with Gasteiger partial charge in [-0.3, -0.25) is 15.1 Å². The van der Waals surface area contributed by atoms with Crippen LogP contribution in [0, 0.1) is 6.92 Å². The Balaban J connectivity index is 1.84.